The molecule has 1 heterocycles. The molecular formula is C13H8BF4N2-. The second-order valence-corrected chi connectivity index (χ2v) is 4.41. The summed E-state index contributed by atoms with van der Waals surface area (Å²) in [5.74, 6) is -0.834. The SMILES string of the molecule is Fc1ccc(-c2nc3ccccc3[nH]2)c([B-](F)(F)F)c1. The molecular weight excluding hydrogens is 271 g/mol. The number of hydrogen-bond acceptors (Lipinski definition) is 1. The standard InChI is InChI=1S/C13H8BF4N2/c15-8-5-6-9(10(7-8)14(16,17)18)13-19-11-3-1-2-4-12(11)20-13/h1-7H,(H,19,20)/q-1. The molecule has 2 nitrogen and oxygen atoms in total. The molecule has 7 heteroatoms. The zero-order chi connectivity index (χ0) is 14.3. The van der Waals surface area contributed by atoms with Gasteiger partial charge in [-0.15, -0.1) is 0 Å². The van der Waals surface area contributed by atoms with Gasteiger partial charge in [-0.05, 0) is 23.8 Å². The van der Waals surface area contributed by atoms with Crippen molar-refractivity contribution in [2.24, 2.45) is 0 Å². The minimum Gasteiger partial charge on any atom is -0.445 e. The fourth-order valence-electron chi connectivity index (χ4n) is 2.10. The smallest absolute Gasteiger partial charge is 0.445 e. The van der Waals surface area contributed by atoms with Gasteiger partial charge in [0.1, 0.15) is 11.6 Å². The van der Waals surface area contributed by atoms with Crippen LogP contribution in [0.4, 0.5) is 17.3 Å². The molecule has 0 aliphatic rings. The van der Waals surface area contributed by atoms with Gasteiger partial charge in [0.05, 0.1) is 11.0 Å². The first-order chi connectivity index (χ1) is 9.45. The Hall–Kier alpha value is -2.31. The summed E-state index contributed by atoms with van der Waals surface area (Å²) in [6, 6.07) is 9.49. The highest BCUT2D eigenvalue weighted by Gasteiger charge is 2.30. The molecule has 0 saturated carbocycles. The molecule has 20 heavy (non-hydrogen) atoms. The van der Waals surface area contributed by atoms with Crippen LogP contribution < -0.4 is 5.46 Å². The van der Waals surface area contributed by atoms with Crippen LogP contribution in [0.3, 0.4) is 0 Å². The van der Waals surface area contributed by atoms with Crippen molar-refractivity contribution in [3.8, 4) is 11.4 Å². The number of fused-ring (bicyclic) bond motifs is 1. The largest absolute Gasteiger partial charge is 0.510 e. The average Bonchev–Trinajstić information content (AvgIpc) is 2.81. The van der Waals surface area contributed by atoms with Gasteiger partial charge in [-0.2, -0.15) is 0 Å². The summed E-state index contributed by atoms with van der Waals surface area (Å²) < 4.78 is 52.1. The molecule has 0 spiro atoms. The van der Waals surface area contributed by atoms with E-state index in [4.69, 9.17) is 0 Å². The molecule has 2 aromatic carbocycles. The van der Waals surface area contributed by atoms with Gasteiger partial charge in [0.2, 0.25) is 0 Å². The number of nitrogens with zero attached hydrogens (tertiary/aromatic N) is 1. The zero-order valence-corrected chi connectivity index (χ0v) is 10.1. The Morgan fingerprint density at radius 3 is 2.45 bits per heavy atom. The first-order valence-electron chi connectivity index (χ1n) is 5.89. The maximum Gasteiger partial charge on any atom is 0.510 e. The number of para-hydroxylation sites is 2. The third-order valence-electron chi connectivity index (χ3n) is 3.01. The van der Waals surface area contributed by atoms with Crippen LogP contribution in [-0.4, -0.2) is 16.9 Å². The first-order valence-corrected chi connectivity index (χ1v) is 5.89. The molecule has 0 fully saturated rings. The quantitative estimate of drug-likeness (QED) is 0.565. The van der Waals surface area contributed by atoms with Crippen molar-refractivity contribution in [3.63, 3.8) is 0 Å². The van der Waals surface area contributed by atoms with Gasteiger partial charge >= 0.3 is 6.98 Å². The Bertz CT molecular complexity index is 746. The van der Waals surface area contributed by atoms with E-state index in [9.17, 15) is 17.3 Å². The highest BCUT2D eigenvalue weighted by atomic mass is 19.4. The second kappa shape index (κ2) is 4.36. The van der Waals surface area contributed by atoms with E-state index < -0.39 is 18.3 Å². The summed E-state index contributed by atoms with van der Waals surface area (Å²) in [6.45, 7) is -5.32. The summed E-state index contributed by atoms with van der Waals surface area (Å²) in [7, 11) is 0. The van der Waals surface area contributed by atoms with Crippen molar-refractivity contribution in [3.05, 3.63) is 48.3 Å². The Labute approximate surface area is 111 Å². The number of aromatic nitrogens is 2. The molecule has 1 N–H and O–H groups in total. The van der Waals surface area contributed by atoms with E-state index in [-0.39, 0.29) is 11.4 Å². The lowest BCUT2D eigenvalue weighted by Crippen LogP contribution is -2.36. The maximum atomic E-state index is 13.1. The Balaban J connectivity index is 2.23. The van der Waals surface area contributed by atoms with Gasteiger partial charge < -0.3 is 17.9 Å². The van der Waals surface area contributed by atoms with Crippen LogP contribution >= 0.6 is 0 Å². The number of rotatable bonds is 2. The van der Waals surface area contributed by atoms with E-state index >= 15 is 0 Å². The number of aromatic amines is 1. The maximum absolute atomic E-state index is 13.1. The number of benzene rings is 2. The van der Waals surface area contributed by atoms with Gasteiger partial charge in [-0.1, -0.05) is 29.7 Å². The van der Waals surface area contributed by atoms with E-state index in [1.165, 1.54) is 0 Å². The Morgan fingerprint density at radius 2 is 1.75 bits per heavy atom. The van der Waals surface area contributed by atoms with Gasteiger partial charge in [-0.3, -0.25) is 0 Å². The molecule has 0 aliphatic carbocycles. The lowest BCUT2D eigenvalue weighted by Gasteiger charge is -2.18. The molecule has 0 atom stereocenters. The summed E-state index contributed by atoms with van der Waals surface area (Å²) in [6.07, 6.45) is 0. The molecule has 102 valence electrons. The Morgan fingerprint density at radius 1 is 1.00 bits per heavy atom. The molecule has 0 amide bonds. The van der Waals surface area contributed by atoms with Crippen molar-refractivity contribution in [1.82, 2.24) is 9.97 Å². The van der Waals surface area contributed by atoms with Crippen molar-refractivity contribution >= 4 is 23.5 Å². The average molecular weight is 279 g/mol. The third-order valence-corrected chi connectivity index (χ3v) is 3.01. The third kappa shape index (κ3) is 2.15. The molecule has 0 radical (unpaired) electrons. The fourth-order valence-corrected chi connectivity index (χ4v) is 2.10. The van der Waals surface area contributed by atoms with Crippen molar-refractivity contribution in [2.45, 2.75) is 0 Å². The first kappa shape index (κ1) is 12.7. The summed E-state index contributed by atoms with van der Waals surface area (Å²) in [4.78, 5) is 6.94. The molecule has 1 aromatic heterocycles. The molecule has 0 saturated heterocycles. The molecule has 0 bridgehead atoms. The number of nitrogens with one attached hydrogen (secondary N) is 1. The molecule has 3 rings (SSSR count). The normalized spacial score (nSPS) is 12.0. The minimum absolute atomic E-state index is 0.0837. The number of hydrogen-bond donors (Lipinski definition) is 1. The van der Waals surface area contributed by atoms with Crippen molar-refractivity contribution in [2.75, 3.05) is 0 Å². The molecule has 0 aliphatic heterocycles. The summed E-state index contributed by atoms with van der Waals surface area (Å²) in [5, 5.41) is 0. The lowest BCUT2D eigenvalue weighted by molar-refractivity contribution is 0.500. The van der Waals surface area contributed by atoms with Crippen molar-refractivity contribution in [1.29, 1.82) is 0 Å². The van der Waals surface area contributed by atoms with E-state index in [1.54, 1.807) is 24.3 Å². The monoisotopic (exact) mass is 279 g/mol. The van der Waals surface area contributed by atoms with E-state index in [1.807, 2.05) is 0 Å². The van der Waals surface area contributed by atoms with Gasteiger partial charge in [-0.25, -0.2) is 9.37 Å². The zero-order valence-electron chi connectivity index (χ0n) is 10.1. The van der Waals surface area contributed by atoms with Gasteiger partial charge in [0, 0.05) is 0 Å². The summed E-state index contributed by atoms with van der Waals surface area (Å²) in [5.41, 5.74) is 0.0686. The number of imidazole rings is 1. The van der Waals surface area contributed by atoms with Crippen LogP contribution in [0.25, 0.3) is 22.4 Å². The van der Waals surface area contributed by atoms with Crippen LogP contribution in [0.15, 0.2) is 42.5 Å². The number of H-pyrrole nitrogens is 1. The number of halogens is 4. The lowest BCUT2D eigenvalue weighted by atomic mass is 9.76. The van der Waals surface area contributed by atoms with Gasteiger partial charge in [0.25, 0.3) is 0 Å². The fraction of sp³-hybridized carbons (Fsp3) is 0. The van der Waals surface area contributed by atoms with E-state index in [2.05, 4.69) is 9.97 Å². The topological polar surface area (TPSA) is 28.7 Å². The van der Waals surface area contributed by atoms with Crippen LogP contribution in [0.1, 0.15) is 0 Å². The van der Waals surface area contributed by atoms with Crippen molar-refractivity contribution < 1.29 is 17.3 Å². The van der Waals surface area contributed by atoms with Crippen LogP contribution in [0.5, 0.6) is 0 Å². The minimum atomic E-state index is -5.32. The second-order valence-electron chi connectivity index (χ2n) is 4.41. The van der Waals surface area contributed by atoms with E-state index in [0.717, 1.165) is 12.1 Å². The van der Waals surface area contributed by atoms with Gasteiger partial charge in [0.15, 0.2) is 0 Å². The van der Waals surface area contributed by atoms with Crippen LogP contribution in [-0.2, 0) is 0 Å². The molecule has 0 unspecified atom stereocenters. The highest BCUT2D eigenvalue weighted by molar-refractivity contribution is 6.74. The Kier molecular flexibility index (Phi) is 2.77. The van der Waals surface area contributed by atoms with Crippen LogP contribution in [0, 0.1) is 5.82 Å². The van der Waals surface area contributed by atoms with Crippen LogP contribution in [0.2, 0.25) is 0 Å². The molecule has 3 aromatic rings. The highest BCUT2D eigenvalue weighted by Crippen LogP contribution is 2.23. The summed E-state index contributed by atoms with van der Waals surface area (Å²) >= 11 is 0. The predicted octanol–water partition coefficient (Wildman–Crippen LogP) is 3.42. The predicted molar refractivity (Wildman–Crippen MR) is 70.2 cm³/mol. The van der Waals surface area contributed by atoms with E-state index in [0.29, 0.717) is 17.1 Å².